The molecule has 1 aliphatic heterocycles. The Bertz CT molecular complexity index is 575. The zero-order chi connectivity index (χ0) is 13.3. The Labute approximate surface area is 118 Å². The Balaban J connectivity index is 2.15. The Morgan fingerprint density at radius 3 is 2.78 bits per heavy atom. The fourth-order valence-electron chi connectivity index (χ4n) is 2.07. The van der Waals surface area contributed by atoms with Crippen LogP contribution < -0.4 is 4.90 Å². The van der Waals surface area contributed by atoms with Crippen LogP contribution in [0.1, 0.15) is 6.42 Å². The first-order valence-electron chi connectivity index (χ1n) is 5.33. The highest BCUT2D eigenvalue weighted by Crippen LogP contribution is 2.28. The molecule has 1 unspecified atom stereocenters. The fraction of sp³-hybridized carbons (Fsp3) is 0.364. The standard InChI is InChI=1S/C11H11BrClNO3S/c12-9-2-1-3-10(5-9)14-6-8(4-11(14)15)7-18(13,16)17/h1-3,5,8H,4,6-7H2. The van der Waals surface area contributed by atoms with Crippen LogP contribution in [0, 0.1) is 5.92 Å². The number of benzene rings is 1. The molecule has 1 amide bonds. The van der Waals surface area contributed by atoms with Gasteiger partial charge in [0.15, 0.2) is 0 Å². The average molecular weight is 353 g/mol. The number of amides is 1. The summed E-state index contributed by atoms with van der Waals surface area (Å²) in [6.45, 7) is 0.390. The summed E-state index contributed by atoms with van der Waals surface area (Å²) in [5.74, 6) is -0.470. The topological polar surface area (TPSA) is 54.5 Å². The fourth-order valence-corrected chi connectivity index (χ4v) is 3.78. The summed E-state index contributed by atoms with van der Waals surface area (Å²) in [5, 5.41) is 0. The number of hydrogen-bond donors (Lipinski definition) is 0. The van der Waals surface area contributed by atoms with Gasteiger partial charge in [0.1, 0.15) is 0 Å². The van der Waals surface area contributed by atoms with Gasteiger partial charge in [-0.2, -0.15) is 0 Å². The first-order chi connectivity index (χ1) is 8.35. The highest BCUT2D eigenvalue weighted by Gasteiger charge is 2.33. The molecule has 7 heteroatoms. The van der Waals surface area contributed by atoms with E-state index in [1.165, 1.54) is 0 Å². The maximum absolute atomic E-state index is 11.9. The lowest BCUT2D eigenvalue weighted by atomic mass is 10.1. The highest BCUT2D eigenvalue weighted by molar-refractivity contribution is 9.10. The van der Waals surface area contributed by atoms with Gasteiger partial charge in [-0.3, -0.25) is 4.79 Å². The summed E-state index contributed by atoms with van der Waals surface area (Å²) < 4.78 is 22.9. The van der Waals surface area contributed by atoms with Crippen molar-refractivity contribution in [2.75, 3.05) is 17.2 Å². The molecule has 0 spiro atoms. The Kier molecular flexibility index (Phi) is 3.99. The van der Waals surface area contributed by atoms with Crippen LogP contribution in [-0.2, 0) is 13.8 Å². The molecule has 0 saturated carbocycles. The smallest absolute Gasteiger partial charge is 0.232 e. The first-order valence-corrected chi connectivity index (χ1v) is 8.60. The van der Waals surface area contributed by atoms with Crippen molar-refractivity contribution >= 4 is 47.3 Å². The molecule has 0 N–H and O–H groups in total. The predicted octanol–water partition coefficient (Wildman–Crippen LogP) is 2.37. The van der Waals surface area contributed by atoms with Crippen LogP contribution >= 0.6 is 26.6 Å². The van der Waals surface area contributed by atoms with Crippen molar-refractivity contribution in [3.8, 4) is 0 Å². The van der Waals surface area contributed by atoms with Gasteiger partial charge in [-0.05, 0) is 18.2 Å². The molecule has 0 bridgehead atoms. The van der Waals surface area contributed by atoms with E-state index in [2.05, 4.69) is 15.9 Å². The molecule has 4 nitrogen and oxygen atoms in total. The summed E-state index contributed by atoms with van der Waals surface area (Å²) in [6, 6.07) is 7.35. The van der Waals surface area contributed by atoms with Crippen molar-refractivity contribution in [3.05, 3.63) is 28.7 Å². The molecule has 1 aromatic rings. The minimum absolute atomic E-state index is 0.0709. The SMILES string of the molecule is O=C1CC(CS(=O)(=O)Cl)CN1c1cccc(Br)c1. The molecule has 18 heavy (non-hydrogen) atoms. The van der Waals surface area contributed by atoms with Crippen molar-refractivity contribution in [2.24, 2.45) is 5.92 Å². The van der Waals surface area contributed by atoms with Crippen LogP contribution in [0.4, 0.5) is 5.69 Å². The number of halogens is 2. The van der Waals surface area contributed by atoms with E-state index in [9.17, 15) is 13.2 Å². The molecular formula is C11H11BrClNO3S. The van der Waals surface area contributed by atoms with Crippen molar-refractivity contribution in [1.29, 1.82) is 0 Å². The van der Waals surface area contributed by atoms with Crippen LogP contribution in [0.25, 0.3) is 0 Å². The van der Waals surface area contributed by atoms with Gasteiger partial charge in [-0.15, -0.1) is 0 Å². The quantitative estimate of drug-likeness (QED) is 0.785. The van der Waals surface area contributed by atoms with Crippen LogP contribution in [0.3, 0.4) is 0 Å². The van der Waals surface area contributed by atoms with Crippen molar-refractivity contribution < 1.29 is 13.2 Å². The summed E-state index contributed by atoms with van der Waals surface area (Å²) in [4.78, 5) is 13.4. The predicted molar refractivity (Wildman–Crippen MR) is 74.2 cm³/mol. The van der Waals surface area contributed by atoms with Gasteiger partial charge in [0.2, 0.25) is 15.0 Å². The third kappa shape index (κ3) is 3.46. The van der Waals surface area contributed by atoms with E-state index >= 15 is 0 Å². The second-order valence-electron chi connectivity index (χ2n) is 4.26. The summed E-state index contributed by atoms with van der Waals surface area (Å²) in [5.41, 5.74) is 0.767. The number of carbonyl (C=O) groups excluding carboxylic acids is 1. The maximum atomic E-state index is 11.9. The van der Waals surface area contributed by atoms with E-state index in [-0.39, 0.29) is 24.0 Å². The van der Waals surface area contributed by atoms with Crippen molar-refractivity contribution in [1.82, 2.24) is 0 Å². The number of hydrogen-bond acceptors (Lipinski definition) is 3. The Morgan fingerprint density at radius 2 is 2.17 bits per heavy atom. The molecule has 0 radical (unpaired) electrons. The zero-order valence-electron chi connectivity index (χ0n) is 9.34. The van der Waals surface area contributed by atoms with E-state index in [1.54, 1.807) is 4.90 Å². The molecule has 1 aromatic carbocycles. The number of carbonyl (C=O) groups is 1. The summed E-state index contributed by atoms with van der Waals surface area (Å²) >= 11 is 3.34. The van der Waals surface area contributed by atoms with Crippen LogP contribution in [0.5, 0.6) is 0 Å². The lowest BCUT2D eigenvalue weighted by molar-refractivity contribution is -0.117. The largest absolute Gasteiger partial charge is 0.312 e. The average Bonchev–Trinajstić information content (AvgIpc) is 2.56. The van der Waals surface area contributed by atoms with Gasteiger partial charge in [0.25, 0.3) is 0 Å². The summed E-state index contributed by atoms with van der Waals surface area (Å²) in [7, 11) is 1.65. The normalized spacial score (nSPS) is 20.4. The molecular weight excluding hydrogens is 342 g/mol. The van der Waals surface area contributed by atoms with E-state index in [4.69, 9.17) is 10.7 Å². The summed E-state index contributed by atoms with van der Waals surface area (Å²) in [6.07, 6.45) is 0.221. The molecule has 98 valence electrons. The van der Waals surface area contributed by atoms with Crippen LogP contribution in [0.15, 0.2) is 28.7 Å². The Morgan fingerprint density at radius 1 is 1.44 bits per heavy atom. The van der Waals surface area contributed by atoms with Crippen molar-refractivity contribution in [3.63, 3.8) is 0 Å². The molecule has 0 aliphatic carbocycles. The minimum atomic E-state index is -3.56. The van der Waals surface area contributed by atoms with E-state index in [1.807, 2.05) is 24.3 Å². The van der Waals surface area contributed by atoms with E-state index in [0.717, 1.165) is 10.2 Å². The van der Waals surface area contributed by atoms with Gasteiger partial charge in [0.05, 0.1) is 5.75 Å². The van der Waals surface area contributed by atoms with Gasteiger partial charge in [0, 0.05) is 39.7 Å². The molecule has 1 atom stereocenters. The minimum Gasteiger partial charge on any atom is -0.312 e. The number of rotatable bonds is 3. The van der Waals surface area contributed by atoms with Gasteiger partial charge >= 0.3 is 0 Å². The molecule has 1 saturated heterocycles. The van der Waals surface area contributed by atoms with E-state index < -0.39 is 9.05 Å². The highest BCUT2D eigenvalue weighted by atomic mass is 79.9. The number of anilines is 1. The lowest BCUT2D eigenvalue weighted by Gasteiger charge is -2.16. The lowest BCUT2D eigenvalue weighted by Crippen LogP contribution is -2.25. The maximum Gasteiger partial charge on any atom is 0.232 e. The molecule has 2 rings (SSSR count). The third-order valence-corrected chi connectivity index (χ3v) is 4.50. The van der Waals surface area contributed by atoms with Gasteiger partial charge in [-0.1, -0.05) is 22.0 Å². The molecule has 1 aliphatic rings. The Hall–Kier alpha value is -0.590. The van der Waals surface area contributed by atoms with E-state index in [0.29, 0.717) is 6.54 Å². The molecule has 0 aromatic heterocycles. The van der Waals surface area contributed by atoms with Crippen molar-refractivity contribution in [2.45, 2.75) is 6.42 Å². The second kappa shape index (κ2) is 5.19. The second-order valence-corrected chi connectivity index (χ2v) is 8.00. The zero-order valence-corrected chi connectivity index (χ0v) is 12.5. The first kappa shape index (κ1) is 13.8. The van der Waals surface area contributed by atoms with Crippen LogP contribution in [0.2, 0.25) is 0 Å². The molecule has 1 heterocycles. The monoisotopic (exact) mass is 351 g/mol. The van der Waals surface area contributed by atoms with Gasteiger partial charge < -0.3 is 4.90 Å². The van der Waals surface area contributed by atoms with Crippen LogP contribution in [-0.4, -0.2) is 26.6 Å². The third-order valence-electron chi connectivity index (χ3n) is 2.76. The number of nitrogens with zero attached hydrogens (tertiary/aromatic N) is 1. The van der Waals surface area contributed by atoms with Gasteiger partial charge in [-0.25, -0.2) is 8.42 Å². The molecule has 1 fully saturated rings.